The van der Waals surface area contributed by atoms with Gasteiger partial charge in [0.2, 0.25) is 11.8 Å². The molecular formula is C26H36FN5O3. The predicted octanol–water partition coefficient (Wildman–Crippen LogP) is 3.82. The van der Waals surface area contributed by atoms with Crippen molar-refractivity contribution in [3.63, 3.8) is 0 Å². The Hall–Kier alpha value is -3.23. The number of aryl methyl sites for hydroxylation is 1. The minimum absolute atomic E-state index is 0.0270. The number of aromatic nitrogens is 2. The lowest BCUT2D eigenvalue weighted by Crippen LogP contribution is -2.49. The number of carbonyl (C=O) groups is 3. The van der Waals surface area contributed by atoms with Gasteiger partial charge in [-0.3, -0.25) is 19.1 Å². The van der Waals surface area contributed by atoms with Gasteiger partial charge in [-0.2, -0.15) is 5.10 Å². The summed E-state index contributed by atoms with van der Waals surface area (Å²) in [5.41, 5.74) is 0.936. The van der Waals surface area contributed by atoms with E-state index in [0.717, 1.165) is 44.9 Å². The number of amides is 3. The molecule has 1 aromatic heterocycles. The molecule has 1 aromatic carbocycles. The van der Waals surface area contributed by atoms with Crippen molar-refractivity contribution in [3.05, 3.63) is 47.5 Å². The van der Waals surface area contributed by atoms with Crippen molar-refractivity contribution in [2.45, 2.75) is 77.8 Å². The van der Waals surface area contributed by atoms with Gasteiger partial charge in [0.15, 0.2) is 0 Å². The summed E-state index contributed by atoms with van der Waals surface area (Å²) >= 11 is 0. The van der Waals surface area contributed by atoms with Crippen molar-refractivity contribution in [2.75, 3.05) is 11.9 Å². The molecule has 0 spiro atoms. The van der Waals surface area contributed by atoms with E-state index in [-0.39, 0.29) is 29.8 Å². The number of halogens is 1. The first-order valence-electron chi connectivity index (χ1n) is 12.6. The molecule has 0 radical (unpaired) electrons. The molecule has 0 bridgehead atoms. The van der Waals surface area contributed by atoms with Crippen LogP contribution in [0, 0.1) is 11.7 Å². The SMILES string of the molecule is CCCNC(=O)Cc1ccc(NC(=O)C(NC(=O)c2ccnn2CC)C2CCCCCC2)c(F)c1. The second-order valence-corrected chi connectivity index (χ2v) is 9.07. The van der Waals surface area contributed by atoms with Gasteiger partial charge in [0.25, 0.3) is 5.91 Å². The number of hydrogen-bond acceptors (Lipinski definition) is 4. The number of anilines is 1. The summed E-state index contributed by atoms with van der Waals surface area (Å²) in [7, 11) is 0. The predicted molar refractivity (Wildman–Crippen MR) is 132 cm³/mol. The summed E-state index contributed by atoms with van der Waals surface area (Å²) in [4.78, 5) is 38.3. The molecule has 1 atom stereocenters. The highest BCUT2D eigenvalue weighted by atomic mass is 19.1. The molecule has 0 saturated heterocycles. The number of hydrogen-bond donors (Lipinski definition) is 3. The Morgan fingerprint density at radius 1 is 1.11 bits per heavy atom. The van der Waals surface area contributed by atoms with Crippen molar-refractivity contribution >= 4 is 23.4 Å². The van der Waals surface area contributed by atoms with E-state index in [9.17, 15) is 18.8 Å². The van der Waals surface area contributed by atoms with Crippen LogP contribution >= 0.6 is 0 Å². The second kappa shape index (κ2) is 13.0. The number of nitrogens with one attached hydrogen (secondary N) is 3. The Balaban J connectivity index is 1.74. The maximum Gasteiger partial charge on any atom is 0.270 e. The van der Waals surface area contributed by atoms with Crippen LogP contribution in [0.3, 0.4) is 0 Å². The van der Waals surface area contributed by atoms with E-state index in [1.807, 2.05) is 13.8 Å². The van der Waals surface area contributed by atoms with E-state index in [1.165, 1.54) is 12.1 Å². The fourth-order valence-corrected chi connectivity index (χ4v) is 4.53. The highest BCUT2D eigenvalue weighted by Crippen LogP contribution is 2.27. The summed E-state index contributed by atoms with van der Waals surface area (Å²) in [6.45, 7) is 4.95. The molecule has 1 saturated carbocycles. The number of benzene rings is 1. The average molecular weight is 486 g/mol. The van der Waals surface area contributed by atoms with Gasteiger partial charge in [-0.25, -0.2) is 4.39 Å². The molecule has 9 heteroatoms. The standard InChI is InChI=1S/C26H36FN5O3/c1-3-14-28-23(33)17-18-11-12-21(20(27)16-18)30-26(35)24(19-9-7-5-6-8-10-19)31-25(34)22-13-15-29-32(22)4-2/h11-13,15-16,19,24H,3-10,14,17H2,1-2H3,(H,28,33)(H,30,35)(H,31,34). The zero-order valence-electron chi connectivity index (χ0n) is 20.6. The molecule has 1 heterocycles. The maximum atomic E-state index is 14.8. The number of carbonyl (C=O) groups excluding carboxylic acids is 3. The number of nitrogens with zero attached hydrogens (tertiary/aromatic N) is 2. The van der Waals surface area contributed by atoms with Gasteiger partial charge in [-0.1, -0.05) is 38.7 Å². The Kier molecular flexibility index (Phi) is 9.81. The van der Waals surface area contributed by atoms with Gasteiger partial charge < -0.3 is 16.0 Å². The largest absolute Gasteiger partial charge is 0.356 e. The molecule has 2 aromatic rings. The topological polar surface area (TPSA) is 105 Å². The first kappa shape index (κ1) is 26.4. The molecule has 3 rings (SSSR count). The molecule has 8 nitrogen and oxygen atoms in total. The minimum atomic E-state index is -0.792. The average Bonchev–Trinajstić information content (AvgIpc) is 3.17. The van der Waals surface area contributed by atoms with Crippen LogP contribution in [0.1, 0.15) is 74.8 Å². The Bertz CT molecular complexity index is 1010. The highest BCUT2D eigenvalue weighted by Gasteiger charge is 2.31. The smallest absolute Gasteiger partial charge is 0.270 e. The fraction of sp³-hybridized carbons (Fsp3) is 0.538. The lowest BCUT2D eigenvalue weighted by Gasteiger charge is -2.26. The summed E-state index contributed by atoms with van der Waals surface area (Å²) < 4.78 is 16.4. The molecule has 1 aliphatic carbocycles. The zero-order valence-corrected chi connectivity index (χ0v) is 20.6. The summed E-state index contributed by atoms with van der Waals surface area (Å²) in [6.07, 6.45) is 8.26. The maximum absolute atomic E-state index is 14.8. The van der Waals surface area contributed by atoms with Gasteiger partial charge in [-0.15, -0.1) is 0 Å². The van der Waals surface area contributed by atoms with E-state index in [2.05, 4.69) is 21.0 Å². The molecule has 3 amide bonds. The van der Waals surface area contributed by atoms with E-state index >= 15 is 0 Å². The van der Waals surface area contributed by atoms with Crippen LogP contribution in [0.15, 0.2) is 30.5 Å². The van der Waals surface area contributed by atoms with Crippen molar-refractivity contribution in [1.82, 2.24) is 20.4 Å². The third kappa shape index (κ3) is 7.37. The van der Waals surface area contributed by atoms with Crippen LogP contribution < -0.4 is 16.0 Å². The Morgan fingerprint density at radius 2 is 1.86 bits per heavy atom. The van der Waals surface area contributed by atoms with Crippen molar-refractivity contribution in [3.8, 4) is 0 Å². The lowest BCUT2D eigenvalue weighted by atomic mass is 9.91. The van der Waals surface area contributed by atoms with Crippen LogP contribution in [-0.2, 0) is 22.6 Å². The molecular weight excluding hydrogens is 449 g/mol. The summed E-state index contributed by atoms with van der Waals surface area (Å²) in [6, 6.07) is 5.19. The molecule has 35 heavy (non-hydrogen) atoms. The number of rotatable bonds is 10. The highest BCUT2D eigenvalue weighted by molar-refractivity contribution is 6.00. The van der Waals surface area contributed by atoms with Crippen molar-refractivity contribution < 1.29 is 18.8 Å². The van der Waals surface area contributed by atoms with Crippen LogP contribution in [0.2, 0.25) is 0 Å². The van der Waals surface area contributed by atoms with Gasteiger partial charge >= 0.3 is 0 Å². The lowest BCUT2D eigenvalue weighted by molar-refractivity contribution is -0.120. The van der Waals surface area contributed by atoms with E-state index < -0.39 is 17.8 Å². The quantitative estimate of drug-likeness (QED) is 0.445. The van der Waals surface area contributed by atoms with Crippen LogP contribution in [0.4, 0.5) is 10.1 Å². The summed E-state index contributed by atoms with van der Waals surface area (Å²) in [5.74, 6) is -1.65. The molecule has 1 aliphatic rings. The van der Waals surface area contributed by atoms with Gasteiger partial charge in [0, 0.05) is 19.3 Å². The Morgan fingerprint density at radius 3 is 2.51 bits per heavy atom. The third-order valence-electron chi connectivity index (χ3n) is 6.42. The molecule has 1 unspecified atom stereocenters. The zero-order chi connectivity index (χ0) is 25.2. The van der Waals surface area contributed by atoms with Gasteiger partial charge in [-0.05, 0) is 55.9 Å². The van der Waals surface area contributed by atoms with E-state index in [0.29, 0.717) is 24.3 Å². The monoisotopic (exact) mass is 485 g/mol. The van der Waals surface area contributed by atoms with Crippen LogP contribution in [0.5, 0.6) is 0 Å². The van der Waals surface area contributed by atoms with Crippen LogP contribution in [-0.4, -0.2) is 40.1 Å². The molecule has 3 N–H and O–H groups in total. The van der Waals surface area contributed by atoms with E-state index in [4.69, 9.17) is 0 Å². The van der Waals surface area contributed by atoms with Gasteiger partial charge in [0.1, 0.15) is 17.6 Å². The van der Waals surface area contributed by atoms with Crippen molar-refractivity contribution in [1.29, 1.82) is 0 Å². The molecule has 1 fully saturated rings. The van der Waals surface area contributed by atoms with Crippen molar-refractivity contribution in [2.24, 2.45) is 5.92 Å². The minimum Gasteiger partial charge on any atom is -0.356 e. The first-order valence-corrected chi connectivity index (χ1v) is 12.6. The Labute approximate surface area is 206 Å². The third-order valence-corrected chi connectivity index (χ3v) is 6.42. The normalized spacial score (nSPS) is 15.2. The first-order chi connectivity index (χ1) is 16.9. The van der Waals surface area contributed by atoms with E-state index in [1.54, 1.807) is 23.0 Å². The molecule has 190 valence electrons. The van der Waals surface area contributed by atoms with Crippen LogP contribution in [0.25, 0.3) is 0 Å². The van der Waals surface area contributed by atoms with Gasteiger partial charge in [0.05, 0.1) is 12.1 Å². The summed E-state index contributed by atoms with van der Waals surface area (Å²) in [5, 5.41) is 12.5. The fourth-order valence-electron chi connectivity index (χ4n) is 4.53. The molecule has 0 aliphatic heterocycles. The second-order valence-electron chi connectivity index (χ2n) is 9.07.